The highest BCUT2D eigenvalue weighted by atomic mass is 79.9. The summed E-state index contributed by atoms with van der Waals surface area (Å²) in [4.78, 5) is 23.6. The molecule has 0 radical (unpaired) electrons. The van der Waals surface area contributed by atoms with Gasteiger partial charge in [0.1, 0.15) is 5.01 Å². The minimum absolute atomic E-state index is 0.0708. The van der Waals surface area contributed by atoms with Crippen molar-refractivity contribution in [2.75, 3.05) is 11.9 Å². The van der Waals surface area contributed by atoms with E-state index >= 15 is 0 Å². The number of carbonyl (C=O) groups excluding carboxylic acids is 2. The van der Waals surface area contributed by atoms with Crippen molar-refractivity contribution in [2.45, 2.75) is 19.3 Å². The summed E-state index contributed by atoms with van der Waals surface area (Å²) < 4.78 is 0.945. The minimum atomic E-state index is -0.489. The second-order valence-corrected chi connectivity index (χ2v) is 6.88. The molecule has 2 heterocycles. The van der Waals surface area contributed by atoms with Crippen LogP contribution >= 0.6 is 27.3 Å². The molecule has 1 aliphatic rings. The second-order valence-electron chi connectivity index (χ2n) is 4.99. The Morgan fingerprint density at radius 3 is 2.96 bits per heavy atom. The fourth-order valence-electron chi connectivity index (χ4n) is 2.18. The predicted molar refractivity (Wildman–Crippen MR) is 90.8 cm³/mol. The van der Waals surface area contributed by atoms with Gasteiger partial charge in [-0.1, -0.05) is 39.4 Å². The lowest BCUT2D eigenvalue weighted by Crippen LogP contribution is -2.49. The molecular weight excluding hydrogens is 382 g/mol. The Morgan fingerprint density at radius 2 is 2.17 bits per heavy atom. The van der Waals surface area contributed by atoms with E-state index < -0.39 is 6.03 Å². The van der Waals surface area contributed by atoms with Crippen LogP contribution in [-0.4, -0.2) is 33.7 Å². The zero-order chi connectivity index (χ0) is 16.2. The molecule has 1 aromatic heterocycles. The number of aromatic nitrogens is 2. The van der Waals surface area contributed by atoms with E-state index in [0.29, 0.717) is 23.1 Å². The number of amides is 3. The molecule has 1 fully saturated rings. The van der Waals surface area contributed by atoms with Gasteiger partial charge in [0.25, 0.3) is 0 Å². The molecule has 7 nitrogen and oxygen atoms in total. The summed E-state index contributed by atoms with van der Waals surface area (Å²) in [6.07, 6.45) is 2.22. The molecule has 1 aliphatic heterocycles. The lowest BCUT2D eigenvalue weighted by Gasteiger charge is -2.26. The maximum absolute atomic E-state index is 11.9. The van der Waals surface area contributed by atoms with Crippen molar-refractivity contribution in [3.8, 4) is 10.6 Å². The van der Waals surface area contributed by atoms with Crippen LogP contribution in [0.3, 0.4) is 0 Å². The molecule has 120 valence electrons. The van der Waals surface area contributed by atoms with Crippen LogP contribution in [0.5, 0.6) is 0 Å². The first-order valence-corrected chi connectivity index (χ1v) is 8.70. The topological polar surface area (TPSA) is 87.2 Å². The summed E-state index contributed by atoms with van der Waals surface area (Å²) in [5.41, 5.74) is 3.45. The third kappa shape index (κ3) is 4.05. The van der Waals surface area contributed by atoms with Crippen molar-refractivity contribution >= 4 is 44.3 Å². The Balaban J connectivity index is 1.62. The summed E-state index contributed by atoms with van der Waals surface area (Å²) in [6, 6.07) is 7.19. The molecule has 2 N–H and O–H groups in total. The van der Waals surface area contributed by atoms with Crippen molar-refractivity contribution in [2.24, 2.45) is 0 Å². The standard InChI is InChI=1S/C14H14BrN5O2S/c15-10-5-3-4-9(8-10)12-17-18-14(23-12)16-13(22)19-20-7-2-1-6-11(20)21/h3-5,8H,1-2,6-7H2,(H2,16,18,19,22). The number of nitrogens with zero attached hydrogens (tertiary/aromatic N) is 3. The summed E-state index contributed by atoms with van der Waals surface area (Å²) in [7, 11) is 0. The number of nitrogens with one attached hydrogen (secondary N) is 2. The third-order valence-corrected chi connectivity index (χ3v) is 4.66. The van der Waals surface area contributed by atoms with Crippen molar-refractivity contribution in [3.05, 3.63) is 28.7 Å². The Hall–Kier alpha value is -2.00. The first kappa shape index (κ1) is 15.9. The van der Waals surface area contributed by atoms with Crippen LogP contribution in [0.2, 0.25) is 0 Å². The summed E-state index contributed by atoms with van der Waals surface area (Å²) in [5, 5.41) is 13.0. The Kier molecular flexibility index (Phi) is 4.87. The summed E-state index contributed by atoms with van der Waals surface area (Å²) in [5.74, 6) is -0.0708. The Morgan fingerprint density at radius 1 is 1.30 bits per heavy atom. The Bertz CT molecular complexity index is 735. The largest absolute Gasteiger partial charge is 0.339 e. The van der Waals surface area contributed by atoms with Gasteiger partial charge in [0, 0.05) is 23.0 Å². The average Bonchev–Trinajstić information content (AvgIpc) is 2.98. The van der Waals surface area contributed by atoms with E-state index in [1.165, 1.54) is 16.3 Å². The highest BCUT2D eigenvalue weighted by molar-refractivity contribution is 9.10. The van der Waals surface area contributed by atoms with Crippen LogP contribution in [0, 0.1) is 0 Å². The molecule has 0 aliphatic carbocycles. The number of carbonyl (C=O) groups is 2. The highest BCUT2D eigenvalue weighted by Gasteiger charge is 2.20. The van der Waals surface area contributed by atoms with Gasteiger partial charge in [0.2, 0.25) is 11.0 Å². The smallest absolute Gasteiger partial charge is 0.281 e. The van der Waals surface area contributed by atoms with Crippen LogP contribution in [0.15, 0.2) is 28.7 Å². The van der Waals surface area contributed by atoms with E-state index in [2.05, 4.69) is 36.9 Å². The average molecular weight is 396 g/mol. The van der Waals surface area contributed by atoms with Crippen molar-refractivity contribution in [1.82, 2.24) is 20.6 Å². The minimum Gasteiger partial charge on any atom is -0.281 e. The second kappa shape index (κ2) is 7.05. The van der Waals surface area contributed by atoms with E-state index in [9.17, 15) is 9.59 Å². The van der Waals surface area contributed by atoms with E-state index in [1.807, 2.05) is 24.3 Å². The molecule has 0 spiro atoms. The first-order valence-electron chi connectivity index (χ1n) is 7.09. The van der Waals surface area contributed by atoms with Gasteiger partial charge in [0.05, 0.1) is 0 Å². The quantitative estimate of drug-likeness (QED) is 0.835. The number of urea groups is 1. The normalized spacial score (nSPS) is 14.7. The molecule has 2 aromatic rings. The zero-order valence-corrected chi connectivity index (χ0v) is 14.5. The van der Waals surface area contributed by atoms with Gasteiger partial charge in [-0.2, -0.15) is 0 Å². The molecular formula is C14H14BrN5O2S. The maximum atomic E-state index is 11.9. The fourth-order valence-corrected chi connectivity index (χ4v) is 3.32. The van der Waals surface area contributed by atoms with Crippen LogP contribution in [-0.2, 0) is 4.79 Å². The van der Waals surface area contributed by atoms with Crippen LogP contribution in [0.25, 0.3) is 10.6 Å². The van der Waals surface area contributed by atoms with Crippen molar-refractivity contribution in [3.63, 3.8) is 0 Å². The fraction of sp³-hybridized carbons (Fsp3) is 0.286. The van der Waals surface area contributed by atoms with Gasteiger partial charge in [-0.3, -0.25) is 15.1 Å². The lowest BCUT2D eigenvalue weighted by molar-refractivity contribution is -0.135. The van der Waals surface area contributed by atoms with E-state index in [4.69, 9.17) is 0 Å². The number of anilines is 1. The van der Waals surface area contributed by atoms with Gasteiger partial charge >= 0.3 is 6.03 Å². The van der Waals surface area contributed by atoms with Crippen LogP contribution in [0.4, 0.5) is 9.93 Å². The van der Waals surface area contributed by atoms with Crippen LogP contribution < -0.4 is 10.7 Å². The van der Waals surface area contributed by atoms with E-state index in [1.54, 1.807) is 0 Å². The molecule has 0 saturated carbocycles. The van der Waals surface area contributed by atoms with E-state index in [0.717, 1.165) is 22.9 Å². The molecule has 1 aromatic carbocycles. The Labute approximate surface area is 145 Å². The maximum Gasteiger partial charge on any atom is 0.339 e. The molecule has 3 amide bonds. The summed E-state index contributed by atoms with van der Waals surface area (Å²) >= 11 is 4.67. The van der Waals surface area contributed by atoms with Gasteiger partial charge in [0.15, 0.2) is 0 Å². The molecule has 23 heavy (non-hydrogen) atoms. The number of hydrogen-bond acceptors (Lipinski definition) is 5. The lowest BCUT2D eigenvalue weighted by atomic mass is 10.1. The first-order chi connectivity index (χ1) is 11.1. The number of hydrazine groups is 1. The monoisotopic (exact) mass is 395 g/mol. The molecule has 0 bridgehead atoms. The number of benzene rings is 1. The van der Waals surface area contributed by atoms with Gasteiger partial charge in [-0.25, -0.2) is 10.2 Å². The highest BCUT2D eigenvalue weighted by Crippen LogP contribution is 2.28. The third-order valence-electron chi connectivity index (χ3n) is 3.28. The number of rotatable bonds is 3. The summed E-state index contributed by atoms with van der Waals surface area (Å²) in [6.45, 7) is 0.533. The van der Waals surface area contributed by atoms with Crippen LogP contribution in [0.1, 0.15) is 19.3 Å². The molecule has 3 rings (SSSR count). The van der Waals surface area contributed by atoms with Gasteiger partial charge in [-0.15, -0.1) is 10.2 Å². The van der Waals surface area contributed by atoms with Crippen molar-refractivity contribution in [1.29, 1.82) is 0 Å². The number of piperidine rings is 1. The zero-order valence-electron chi connectivity index (χ0n) is 12.1. The van der Waals surface area contributed by atoms with Gasteiger partial charge in [-0.05, 0) is 25.0 Å². The molecule has 0 atom stereocenters. The number of hydrogen-bond donors (Lipinski definition) is 2. The molecule has 1 saturated heterocycles. The molecule has 9 heteroatoms. The van der Waals surface area contributed by atoms with E-state index in [-0.39, 0.29) is 5.91 Å². The SMILES string of the molecule is O=C(Nc1nnc(-c2cccc(Br)c2)s1)NN1CCCCC1=O. The molecule has 0 unspecified atom stereocenters. The van der Waals surface area contributed by atoms with Gasteiger partial charge < -0.3 is 0 Å². The van der Waals surface area contributed by atoms with Crippen molar-refractivity contribution < 1.29 is 9.59 Å². The predicted octanol–water partition coefficient (Wildman–Crippen LogP) is 3.02. The number of halogens is 1.